The Bertz CT molecular complexity index is 1090. The van der Waals surface area contributed by atoms with Gasteiger partial charge in [-0.15, -0.1) is 0 Å². The zero-order chi connectivity index (χ0) is 21.3. The van der Waals surface area contributed by atoms with Gasteiger partial charge in [0.2, 0.25) is 0 Å². The summed E-state index contributed by atoms with van der Waals surface area (Å²) in [5, 5.41) is 7.82. The number of hydrogen-bond donors (Lipinski definition) is 1. The third kappa shape index (κ3) is 4.04. The number of pyridine rings is 1. The monoisotopic (exact) mass is 407 g/mol. The zero-order valence-corrected chi connectivity index (χ0v) is 17.3. The normalized spacial score (nSPS) is 16.8. The number of morpholine rings is 1. The molecule has 8 nitrogen and oxygen atoms in total. The molecule has 2 amide bonds. The van der Waals surface area contributed by atoms with Gasteiger partial charge in [-0.25, -0.2) is 4.98 Å². The third-order valence-electron chi connectivity index (χ3n) is 5.04. The minimum Gasteiger partial charge on any atom is -0.368 e. The van der Waals surface area contributed by atoms with Gasteiger partial charge in [0.15, 0.2) is 0 Å². The van der Waals surface area contributed by atoms with Crippen LogP contribution in [0.5, 0.6) is 0 Å². The maximum Gasteiger partial charge on any atom is 0.257 e. The van der Waals surface area contributed by atoms with E-state index in [1.165, 1.54) is 0 Å². The Morgan fingerprint density at radius 1 is 1.27 bits per heavy atom. The zero-order valence-electron chi connectivity index (χ0n) is 17.3. The summed E-state index contributed by atoms with van der Waals surface area (Å²) in [6, 6.07) is 9.35. The maximum absolute atomic E-state index is 12.8. The lowest BCUT2D eigenvalue weighted by Crippen LogP contribution is -2.42. The number of carbonyl (C=O) groups excluding carboxylic acids is 2. The lowest BCUT2D eigenvalue weighted by Gasteiger charge is -2.32. The number of fused-ring (bicyclic) bond motifs is 1. The predicted molar refractivity (Wildman–Crippen MR) is 112 cm³/mol. The minimum atomic E-state index is -0.408. The highest BCUT2D eigenvalue weighted by Gasteiger charge is 2.28. The molecule has 8 heteroatoms. The van der Waals surface area contributed by atoms with Crippen LogP contribution >= 0.6 is 0 Å². The van der Waals surface area contributed by atoms with Gasteiger partial charge in [0.25, 0.3) is 11.8 Å². The largest absolute Gasteiger partial charge is 0.368 e. The Kier molecular flexibility index (Phi) is 5.50. The standard InChI is InChI=1S/C22H25N5O3/c1-14(2)24-21(28)17-10-19(25-18-7-5-4-6-16(17)18)20-13-27(8-9-30-20)22(29)15-11-23-26(3)12-15/h4-7,10-12,14,20H,8-9,13H2,1-3H3,(H,24,28)/t20-/m0/s1. The van der Waals surface area contributed by atoms with Gasteiger partial charge >= 0.3 is 0 Å². The van der Waals surface area contributed by atoms with E-state index < -0.39 is 6.10 Å². The van der Waals surface area contributed by atoms with Crippen molar-refractivity contribution in [3.05, 3.63) is 59.5 Å². The lowest BCUT2D eigenvalue weighted by molar-refractivity contribution is -0.0246. The molecular weight excluding hydrogens is 382 g/mol. The molecular formula is C22H25N5O3. The van der Waals surface area contributed by atoms with Crippen molar-refractivity contribution in [1.29, 1.82) is 0 Å². The molecule has 0 spiro atoms. The molecule has 1 aliphatic rings. The number of benzene rings is 1. The first kappa shape index (κ1) is 20.0. The summed E-state index contributed by atoms with van der Waals surface area (Å²) in [6.07, 6.45) is 2.86. The van der Waals surface area contributed by atoms with E-state index in [1.54, 1.807) is 35.1 Å². The average Bonchev–Trinajstić information content (AvgIpc) is 3.18. The number of amides is 2. The SMILES string of the molecule is CC(C)NC(=O)c1cc([C@@H]2CN(C(=O)c3cnn(C)c3)CCO2)nc2ccccc12. The predicted octanol–water partition coefficient (Wildman–Crippen LogP) is 2.32. The Hall–Kier alpha value is -3.26. The molecule has 1 fully saturated rings. The minimum absolute atomic E-state index is 0.0198. The van der Waals surface area contributed by atoms with Crippen molar-refractivity contribution in [3.8, 4) is 0 Å². The fourth-order valence-corrected chi connectivity index (χ4v) is 3.62. The molecule has 3 heterocycles. The van der Waals surface area contributed by atoms with Crippen molar-refractivity contribution in [2.45, 2.75) is 26.0 Å². The average molecular weight is 407 g/mol. The summed E-state index contributed by atoms with van der Waals surface area (Å²) in [4.78, 5) is 32.1. The molecule has 2 aromatic heterocycles. The second-order valence-corrected chi connectivity index (χ2v) is 7.75. The molecule has 30 heavy (non-hydrogen) atoms. The van der Waals surface area contributed by atoms with Gasteiger partial charge in [0.05, 0.1) is 41.7 Å². The van der Waals surface area contributed by atoms with Crippen molar-refractivity contribution in [2.75, 3.05) is 19.7 Å². The van der Waals surface area contributed by atoms with Gasteiger partial charge in [0, 0.05) is 31.2 Å². The summed E-state index contributed by atoms with van der Waals surface area (Å²) in [5.41, 5.74) is 2.47. The van der Waals surface area contributed by atoms with E-state index in [4.69, 9.17) is 9.72 Å². The second kappa shape index (κ2) is 8.23. The van der Waals surface area contributed by atoms with Crippen molar-refractivity contribution in [1.82, 2.24) is 25.0 Å². The third-order valence-corrected chi connectivity index (χ3v) is 5.04. The maximum atomic E-state index is 12.8. The highest BCUT2D eigenvalue weighted by molar-refractivity contribution is 6.06. The van der Waals surface area contributed by atoms with Crippen LogP contribution in [-0.4, -0.2) is 57.2 Å². The first-order valence-corrected chi connectivity index (χ1v) is 10.0. The molecule has 1 N–H and O–H groups in total. The van der Waals surface area contributed by atoms with E-state index in [9.17, 15) is 9.59 Å². The lowest BCUT2D eigenvalue weighted by atomic mass is 10.0. The quantitative estimate of drug-likeness (QED) is 0.717. The number of ether oxygens (including phenoxy) is 1. The van der Waals surface area contributed by atoms with Crippen molar-refractivity contribution in [2.24, 2.45) is 7.05 Å². The Morgan fingerprint density at radius 3 is 2.80 bits per heavy atom. The Balaban J connectivity index is 1.65. The fraction of sp³-hybridized carbons (Fsp3) is 0.364. The number of hydrogen-bond acceptors (Lipinski definition) is 5. The van der Waals surface area contributed by atoms with Gasteiger partial charge in [-0.05, 0) is 26.0 Å². The Morgan fingerprint density at radius 2 is 2.07 bits per heavy atom. The van der Waals surface area contributed by atoms with Crippen LogP contribution in [0.25, 0.3) is 10.9 Å². The molecule has 1 saturated heterocycles. The first-order valence-electron chi connectivity index (χ1n) is 10.0. The Labute approximate surface area is 174 Å². The van der Waals surface area contributed by atoms with Crippen LogP contribution in [-0.2, 0) is 11.8 Å². The molecule has 156 valence electrons. The summed E-state index contributed by atoms with van der Waals surface area (Å²) in [6.45, 7) is 5.12. The van der Waals surface area contributed by atoms with Crippen LogP contribution in [0, 0.1) is 0 Å². The summed E-state index contributed by atoms with van der Waals surface area (Å²) in [5.74, 6) is -0.237. The van der Waals surface area contributed by atoms with Gasteiger partial charge in [0.1, 0.15) is 6.10 Å². The highest BCUT2D eigenvalue weighted by Crippen LogP contribution is 2.27. The van der Waals surface area contributed by atoms with E-state index in [2.05, 4.69) is 10.4 Å². The summed E-state index contributed by atoms with van der Waals surface area (Å²) >= 11 is 0. The van der Waals surface area contributed by atoms with Crippen LogP contribution < -0.4 is 5.32 Å². The molecule has 0 unspecified atom stereocenters. The second-order valence-electron chi connectivity index (χ2n) is 7.75. The van der Waals surface area contributed by atoms with Crippen LogP contribution in [0.3, 0.4) is 0 Å². The number of aromatic nitrogens is 3. The molecule has 3 aromatic rings. The van der Waals surface area contributed by atoms with Crippen LogP contribution in [0.1, 0.15) is 46.4 Å². The number of aryl methyl sites for hydroxylation is 1. The fourth-order valence-electron chi connectivity index (χ4n) is 3.62. The van der Waals surface area contributed by atoms with Crippen LogP contribution in [0.15, 0.2) is 42.7 Å². The topological polar surface area (TPSA) is 89.4 Å². The number of nitrogens with one attached hydrogen (secondary N) is 1. The van der Waals surface area contributed by atoms with Gasteiger partial charge in [-0.2, -0.15) is 5.10 Å². The van der Waals surface area contributed by atoms with Crippen molar-refractivity contribution >= 4 is 22.7 Å². The smallest absolute Gasteiger partial charge is 0.257 e. The number of rotatable bonds is 4. The van der Waals surface area contributed by atoms with E-state index in [1.807, 2.05) is 38.1 Å². The molecule has 0 bridgehead atoms. The molecule has 0 radical (unpaired) electrons. The van der Waals surface area contributed by atoms with Crippen LogP contribution in [0.4, 0.5) is 0 Å². The molecule has 1 aliphatic heterocycles. The molecule has 0 aliphatic carbocycles. The van der Waals surface area contributed by atoms with E-state index >= 15 is 0 Å². The first-order chi connectivity index (χ1) is 14.4. The van der Waals surface area contributed by atoms with Gasteiger partial charge < -0.3 is 15.0 Å². The summed E-state index contributed by atoms with van der Waals surface area (Å²) in [7, 11) is 1.78. The molecule has 4 rings (SSSR count). The van der Waals surface area contributed by atoms with E-state index in [0.717, 1.165) is 10.9 Å². The van der Waals surface area contributed by atoms with E-state index in [0.29, 0.717) is 36.5 Å². The molecule has 1 atom stereocenters. The summed E-state index contributed by atoms with van der Waals surface area (Å²) < 4.78 is 7.55. The molecule has 0 saturated carbocycles. The number of para-hydroxylation sites is 1. The van der Waals surface area contributed by atoms with Gasteiger partial charge in [-0.3, -0.25) is 14.3 Å². The van der Waals surface area contributed by atoms with Crippen molar-refractivity contribution in [3.63, 3.8) is 0 Å². The van der Waals surface area contributed by atoms with E-state index in [-0.39, 0.29) is 17.9 Å². The van der Waals surface area contributed by atoms with Crippen LogP contribution in [0.2, 0.25) is 0 Å². The molecule has 1 aromatic carbocycles. The number of carbonyl (C=O) groups is 2. The van der Waals surface area contributed by atoms with Crippen molar-refractivity contribution < 1.29 is 14.3 Å². The number of nitrogens with zero attached hydrogens (tertiary/aromatic N) is 4. The highest BCUT2D eigenvalue weighted by atomic mass is 16.5. The van der Waals surface area contributed by atoms with Gasteiger partial charge in [-0.1, -0.05) is 18.2 Å².